The summed E-state index contributed by atoms with van der Waals surface area (Å²) in [5.41, 5.74) is 2.00. The predicted molar refractivity (Wildman–Crippen MR) is 114 cm³/mol. The standard InChI is InChI=1S/C22H32N4O4/c1-14(13-28-2)25-22-24-12-19-20(26-22)18(15-3-5-16(27)6-4-15)11-23-21(19)30-17-7-9-29-10-8-17/h11-12,14-17,27H,3-10,13H2,1-2H3,(H,24,25,26)/t14-,15-,16-/m0/s1. The van der Waals surface area contributed by atoms with Crippen LogP contribution in [-0.4, -0.2) is 65.2 Å². The normalized spacial score (nSPS) is 24.0. The average molecular weight is 417 g/mol. The van der Waals surface area contributed by atoms with E-state index in [-0.39, 0.29) is 18.2 Å². The molecule has 0 radical (unpaired) electrons. The fourth-order valence-corrected chi connectivity index (χ4v) is 4.33. The Kier molecular flexibility index (Phi) is 6.97. The van der Waals surface area contributed by atoms with Crippen molar-refractivity contribution in [3.63, 3.8) is 0 Å². The molecule has 1 saturated heterocycles. The van der Waals surface area contributed by atoms with Crippen LogP contribution in [0.3, 0.4) is 0 Å². The van der Waals surface area contributed by atoms with Crippen molar-refractivity contribution in [1.82, 2.24) is 15.0 Å². The van der Waals surface area contributed by atoms with E-state index in [0.29, 0.717) is 37.6 Å². The molecule has 2 fully saturated rings. The van der Waals surface area contributed by atoms with Gasteiger partial charge in [0.2, 0.25) is 11.8 Å². The van der Waals surface area contributed by atoms with Gasteiger partial charge in [-0.05, 0) is 38.5 Å². The molecule has 0 unspecified atom stereocenters. The Hall–Kier alpha value is -2.03. The molecule has 1 saturated carbocycles. The van der Waals surface area contributed by atoms with Gasteiger partial charge < -0.3 is 24.6 Å². The van der Waals surface area contributed by atoms with Crippen LogP contribution < -0.4 is 10.1 Å². The zero-order valence-corrected chi connectivity index (χ0v) is 17.8. The minimum absolute atomic E-state index is 0.0977. The number of hydrogen-bond donors (Lipinski definition) is 2. The molecule has 2 aromatic heterocycles. The topological polar surface area (TPSA) is 98.6 Å². The van der Waals surface area contributed by atoms with E-state index in [1.165, 1.54) is 0 Å². The van der Waals surface area contributed by atoms with E-state index in [4.69, 9.17) is 19.2 Å². The summed E-state index contributed by atoms with van der Waals surface area (Å²) in [4.78, 5) is 14.0. The summed E-state index contributed by atoms with van der Waals surface area (Å²) in [5, 5.41) is 14.1. The highest BCUT2D eigenvalue weighted by Gasteiger charge is 2.26. The number of fused-ring (bicyclic) bond motifs is 1. The van der Waals surface area contributed by atoms with Crippen molar-refractivity contribution in [2.24, 2.45) is 0 Å². The fraction of sp³-hybridized carbons (Fsp3) is 0.682. The summed E-state index contributed by atoms with van der Waals surface area (Å²) in [6, 6.07) is 0.0977. The summed E-state index contributed by atoms with van der Waals surface area (Å²) in [5.74, 6) is 1.50. The van der Waals surface area contributed by atoms with Gasteiger partial charge in [-0.25, -0.2) is 15.0 Å². The fourth-order valence-electron chi connectivity index (χ4n) is 4.33. The van der Waals surface area contributed by atoms with E-state index in [1.807, 2.05) is 19.3 Å². The van der Waals surface area contributed by atoms with Gasteiger partial charge in [-0.15, -0.1) is 0 Å². The van der Waals surface area contributed by atoms with Crippen molar-refractivity contribution >= 4 is 16.9 Å². The summed E-state index contributed by atoms with van der Waals surface area (Å²) in [6.45, 7) is 4.04. The molecule has 164 valence electrons. The summed E-state index contributed by atoms with van der Waals surface area (Å²) < 4.78 is 16.9. The molecule has 8 heteroatoms. The van der Waals surface area contributed by atoms with Crippen LogP contribution in [0.5, 0.6) is 5.88 Å². The van der Waals surface area contributed by atoms with Crippen LogP contribution in [-0.2, 0) is 9.47 Å². The molecule has 0 amide bonds. The van der Waals surface area contributed by atoms with Gasteiger partial charge in [0.15, 0.2) is 0 Å². The maximum atomic E-state index is 9.91. The van der Waals surface area contributed by atoms with Gasteiger partial charge in [0.05, 0.1) is 36.8 Å². The third kappa shape index (κ3) is 4.99. The van der Waals surface area contributed by atoms with E-state index in [9.17, 15) is 5.11 Å². The largest absolute Gasteiger partial charge is 0.474 e. The number of methoxy groups -OCH3 is 1. The van der Waals surface area contributed by atoms with Crippen LogP contribution in [0.2, 0.25) is 0 Å². The molecule has 4 rings (SSSR count). The number of nitrogens with zero attached hydrogens (tertiary/aromatic N) is 3. The Labute approximate surface area is 177 Å². The predicted octanol–water partition coefficient (Wildman–Crippen LogP) is 3.05. The van der Waals surface area contributed by atoms with Crippen molar-refractivity contribution in [3.05, 3.63) is 18.0 Å². The molecular weight excluding hydrogens is 384 g/mol. The van der Waals surface area contributed by atoms with Gasteiger partial charge in [-0.2, -0.15) is 0 Å². The molecule has 0 bridgehead atoms. The molecule has 1 aliphatic heterocycles. The van der Waals surface area contributed by atoms with Gasteiger partial charge in [0, 0.05) is 44.0 Å². The van der Waals surface area contributed by atoms with E-state index < -0.39 is 0 Å². The first-order chi connectivity index (χ1) is 14.6. The number of rotatable bonds is 7. The van der Waals surface area contributed by atoms with E-state index in [1.54, 1.807) is 7.11 Å². The monoisotopic (exact) mass is 416 g/mol. The van der Waals surface area contributed by atoms with E-state index >= 15 is 0 Å². The summed E-state index contributed by atoms with van der Waals surface area (Å²) >= 11 is 0. The lowest BCUT2D eigenvalue weighted by Gasteiger charge is -2.27. The highest BCUT2D eigenvalue weighted by atomic mass is 16.5. The molecule has 1 atom stereocenters. The average Bonchev–Trinajstić information content (AvgIpc) is 2.75. The SMILES string of the molecule is COC[C@H](C)Nc1ncc2c(OC3CCOCC3)ncc([C@H]3CC[C@H](O)CC3)c2n1. The van der Waals surface area contributed by atoms with Gasteiger partial charge in [-0.1, -0.05) is 0 Å². The van der Waals surface area contributed by atoms with Crippen LogP contribution >= 0.6 is 0 Å². The van der Waals surface area contributed by atoms with Crippen LogP contribution in [0.25, 0.3) is 10.9 Å². The first kappa shape index (κ1) is 21.2. The number of aromatic nitrogens is 3. The zero-order chi connectivity index (χ0) is 20.9. The Morgan fingerprint density at radius 2 is 1.90 bits per heavy atom. The number of ether oxygens (including phenoxy) is 3. The molecular formula is C22H32N4O4. The second-order valence-corrected chi connectivity index (χ2v) is 8.41. The molecule has 2 aromatic rings. The summed E-state index contributed by atoms with van der Waals surface area (Å²) in [7, 11) is 1.68. The maximum Gasteiger partial charge on any atom is 0.224 e. The first-order valence-corrected chi connectivity index (χ1v) is 11.0. The molecule has 0 spiro atoms. The second kappa shape index (κ2) is 9.85. The lowest BCUT2D eigenvalue weighted by Crippen LogP contribution is -2.26. The molecule has 0 aromatic carbocycles. The van der Waals surface area contributed by atoms with Crippen molar-refractivity contribution in [2.45, 2.75) is 69.6 Å². The number of anilines is 1. The molecule has 8 nitrogen and oxygen atoms in total. The number of pyridine rings is 1. The lowest BCUT2D eigenvalue weighted by atomic mass is 9.83. The lowest BCUT2D eigenvalue weighted by molar-refractivity contribution is 0.0244. The Bertz CT molecular complexity index is 835. The van der Waals surface area contributed by atoms with Gasteiger partial charge in [0.25, 0.3) is 0 Å². The Morgan fingerprint density at radius 1 is 1.13 bits per heavy atom. The quantitative estimate of drug-likeness (QED) is 0.711. The smallest absolute Gasteiger partial charge is 0.224 e. The van der Waals surface area contributed by atoms with Crippen molar-refractivity contribution in [2.75, 3.05) is 32.2 Å². The number of aliphatic hydroxyl groups is 1. The summed E-state index contributed by atoms with van der Waals surface area (Å²) in [6.07, 6.45) is 8.85. The van der Waals surface area contributed by atoms with Crippen molar-refractivity contribution in [3.8, 4) is 5.88 Å². The van der Waals surface area contributed by atoms with Crippen LogP contribution in [0.4, 0.5) is 5.95 Å². The van der Waals surface area contributed by atoms with Gasteiger partial charge in [0.1, 0.15) is 6.10 Å². The number of hydrogen-bond acceptors (Lipinski definition) is 8. The van der Waals surface area contributed by atoms with Crippen LogP contribution in [0.1, 0.15) is 56.9 Å². The highest BCUT2D eigenvalue weighted by molar-refractivity contribution is 5.86. The van der Waals surface area contributed by atoms with Crippen molar-refractivity contribution < 1.29 is 19.3 Å². The minimum atomic E-state index is -0.196. The number of aliphatic hydroxyl groups excluding tert-OH is 1. The van der Waals surface area contributed by atoms with Gasteiger partial charge >= 0.3 is 0 Å². The highest BCUT2D eigenvalue weighted by Crippen LogP contribution is 2.38. The van der Waals surface area contributed by atoms with Gasteiger partial charge in [-0.3, -0.25) is 0 Å². The first-order valence-electron chi connectivity index (χ1n) is 11.0. The maximum absolute atomic E-state index is 9.91. The van der Waals surface area contributed by atoms with E-state index in [2.05, 4.69) is 15.3 Å². The number of nitrogens with one attached hydrogen (secondary N) is 1. The van der Waals surface area contributed by atoms with Crippen LogP contribution in [0.15, 0.2) is 12.4 Å². The minimum Gasteiger partial charge on any atom is -0.474 e. The van der Waals surface area contributed by atoms with E-state index in [0.717, 1.165) is 55.0 Å². The molecule has 3 heterocycles. The van der Waals surface area contributed by atoms with Crippen molar-refractivity contribution in [1.29, 1.82) is 0 Å². The molecule has 2 N–H and O–H groups in total. The Balaban J connectivity index is 1.67. The molecule has 30 heavy (non-hydrogen) atoms. The van der Waals surface area contributed by atoms with Crippen LogP contribution in [0, 0.1) is 0 Å². The molecule has 1 aliphatic carbocycles. The zero-order valence-electron chi connectivity index (χ0n) is 17.8. The Morgan fingerprint density at radius 3 is 2.63 bits per heavy atom. The third-order valence-electron chi connectivity index (χ3n) is 5.99. The molecule has 2 aliphatic rings. The third-order valence-corrected chi connectivity index (χ3v) is 5.99. The second-order valence-electron chi connectivity index (χ2n) is 8.41.